The van der Waals surface area contributed by atoms with Gasteiger partial charge in [-0.2, -0.15) is 0 Å². The number of piperazine rings is 1. The van der Waals surface area contributed by atoms with E-state index in [9.17, 15) is 19.2 Å². The molecule has 22 heavy (non-hydrogen) atoms. The molecule has 0 bridgehead atoms. The minimum Gasteiger partial charge on any atom is -0.481 e. The van der Waals surface area contributed by atoms with Crippen molar-refractivity contribution in [3.05, 3.63) is 0 Å². The van der Waals surface area contributed by atoms with Gasteiger partial charge in [-0.1, -0.05) is 0 Å². The molecule has 0 aromatic rings. The van der Waals surface area contributed by atoms with Gasteiger partial charge in [-0.25, -0.2) is 0 Å². The zero-order chi connectivity index (χ0) is 16.3. The van der Waals surface area contributed by atoms with Crippen molar-refractivity contribution < 1.29 is 24.3 Å². The second-order valence-corrected chi connectivity index (χ2v) is 5.60. The topological polar surface area (TPSA) is 98.2 Å². The van der Waals surface area contributed by atoms with E-state index in [1.165, 1.54) is 9.80 Å². The quantitative estimate of drug-likeness (QED) is 0.672. The van der Waals surface area contributed by atoms with Crippen molar-refractivity contribution in [1.29, 1.82) is 0 Å². The van der Waals surface area contributed by atoms with Crippen molar-refractivity contribution >= 4 is 23.7 Å². The van der Waals surface area contributed by atoms with Crippen LogP contribution in [0.25, 0.3) is 0 Å². The Balaban J connectivity index is 1.86. The maximum Gasteiger partial charge on any atom is 0.312 e. The highest BCUT2D eigenvalue weighted by Gasteiger charge is 2.34. The molecule has 3 amide bonds. The first-order chi connectivity index (χ1) is 10.4. The van der Waals surface area contributed by atoms with Crippen molar-refractivity contribution in [3.63, 3.8) is 0 Å². The number of carboxylic acids is 1. The van der Waals surface area contributed by atoms with Gasteiger partial charge in [-0.15, -0.1) is 0 Å². The van der Waals surface area contributed by atoms with Crippen LogP contribution >= 0.6 is 0 Å². The minimum atomic E-state index is -0.830. The first kappa shape index (κ1) is 16.3. The zero-order valence-electron chi connectivity index (χ0n) is 12.7. The third-order valence-electron chi connectivity index (χ3n) is 4.30. The number of carboxylic acid groups (broad SMARTS) is 1. The van der Waals surface area contributed by atoms with Gasteiger partial charge in [-0.05, 0) is 19.8 Å². The van der Waals surface area contributed by atoms with Crippen molar-refractivity contribution in [3.8, 4) is 0 Å². The molecule has 122 valence electrons. The molecule has 0 aromatic heterocycles. The lowest BCUT2D eigenvalue weighted by Crippen LogP contribution is -2.56. The van der Waals surface area contributed by atoms with Crippen LogP contribution in [0.5, 0.6) is 0 Å². The van der Waals surface area contributed by atoms with E-state index >= 15 is 0 Å². The highest BCUT2D eigenvalue weighted by molar-refractivity contribution is 6.35. The van der Waals surface area contributed by atoms with Gasteiger partial charge in [-0.3, -0.25) is 19.2 Å². The number of amides is 3. The lowest BCUT2D eigenvalue weighted by atomic mass is 9.97. The van der Waals surface area contributed by atoms with Gasteiger partial charge >= 0.3 is 17.8 Å². The number of hydrogen-bond acceptors (Lipinski definition) is 4. The van der Waals surface area contributed by atoms with Crippen LogP contribution in [0.4, 0.5) is 0 Å². The predicted octanol–water partition coefficient (Wildman–Crippen LogP) is -1.000. The fourth-order valence-corrected chi connectivity index (χ4v) is 2.81. The Kier molecular flexibility index (Phi) is 4.99. The van der Waals surface area contributed by atoms with E-state index in [1.54, 1.807) is 11.8 Å². The third kappa shape index (κ3) is 3.37. The summed E-state index contributed by atoms with van der Waals surface area (Å²) in [5, 5.41) is 8.94. The number of hydrogen-bond donors (Lipinski definition) is 1. The van der Waals surface area contributed by atoms with Crippen molar-refractivity contribution in [2.45, 2.75) is 19.8 Å². The van der Waals surface area contributed by atoms with Crippen molar-refractivity contribution in [1.82, 2.24) is 14.7 Å². The Hall–Kier alpha value is -2.12. The number of aliphatic carboxylic acids is 1. The number of piperidine rings is 1. The van der Waals surface area contributed by atoms with Gasteiger partial charge in [0.2, 0.25) is 5.91 Å². The molecule has 2 saturated heterocycles. The van der Waals surface area contributed by atoms with Gasteiger partial charge in [0.15, 0.2) is 0 Å². The first-order valence-electron chi connectivity index (χ1n) is 7.52. The van der Waals surface area contributed by atoms with Crippen LogP contribution < -0.4 is 0 Å². The van der Waals surface area contributed by atoms with Crippen LogP contribution in [0.1, 0.15) is 19.8 Å². The van der Waals surface area contributed by atoms with E-state index in [-0.39, 0.29) is 12.5 Å². The molecule has 2 aliphatic heterocycles. The highest BCUT2D eigenvalue weighted by Crippen LogP contribution is 2.17. The Morgan fingerprint density at radius 2 is 1.59 bits per heavy atom. The standard InChI is InChI=1S/C14H21N3O5/c1-2-15-7-8-17(13(20)12(15)19)9-11(18)16-5-3-10(4-6-16)14(21)22/h10H,2-9H2,1H3,(H,21,22). The summed E-state index contributed by atoms with van der Waals surface area (Å²) in [5.41, 5.74) is 0. The zero-order valence-corrected chi connectivity index (χ0v) is 12.7. The maximum atomic E-state index is 12.2. The first-order valence-corrected chi connectivity index (χ1v) is 7.52. The van der Waals surface area contributed by atoms with Crippen LogP contribution in [0.2, 0.25) is 0 Å². The number of likely N-dealkylation sites (N-methyl/N-ethyl adjacent to an activating group) is 1. The molecule has 0 aliphatic carbocycles. The SMILES string of the molecule is CCN1CCN(CC(=O)N2CCC(C(=O)O)CC2)C(=O)C1=O. The van der Waals surface area contributed by atoms with Gasteiger partial charge in [0, 0.05) is 32.7 Å². The van der Waals surface area contributed by atoms with Crippen molar-refractivity contribution in [2.75, 3.05) is 39.3 Å². The van der Waals surface area contributed by atoms with E-state index in [4.69, 9.17) is 5.11 Å². The predicted molar refractivity (Wildman–Crippen MR) is 75.8 cm³/mol. The monoisotopic (exact) mass is 311 g/mol. The molecule has 8 heteroatoms. The number of carbonyl (C=O) groups excluding carboxylic acids is 3. The average Bonchev–Trinajstić information content (AvgIpc) is 2.52. The summed E-state index contributed by atoms with van der Waals surface area (Å²) in [6.07, 6.45) is 0.856. The Morgan fingerprint density at radius 1 is 1.05 bits per heavy atom. The molecule has 0 unspecified atom stereocenters. The molecule has 0 radical (unpaired) electrons. The van der Waals surface area contributed by atoms with Crippen LogP contribution in [-0.2, 0) is 19.2 Å². The average molecular weight is 311 g/mol. The van der Waals surface area contributed by atoms with E-state index in [0.717, 1.165) is 0 Å². The number of nitrogens with zero attached hydrogens (tertiary/aromatic N) is 3. The maximum absolute atomic E-state index is 12.2. The summed E-state index contributed by atoms with van der Waals surface area (Å²) in [6, 6.07) is 0. The molecule has 8 nitrogen and oxygen atoms in total. The van der Waals surface area contributed by atoms with E-state index in [1.807, 2.05) is 0 Å². The summed E-state index contributed by atoms with van der Waals surface area (Å²) >= 11 is 0. The molecule has 0 atom stereocenters. The summed E-state index contributed by atoms with van der Waals surface area (Å²) in [5.74, 6) is -2.66. The summed E-state index contributed by atoms with van der Waals surface area (Å²) in [4.78, 5) is 51.1. The van der Waals surface area contributed by atoms with Crippen molar-refractivity contribution in [2.24, 2.45) is 5.92 Å². The fraction of sp³-hybridized carbons (Fsp3) is 0.714. The largest absolute Gasteiger partial charge is 0.481 e. The van der Waals surface area contributed by atoms with Crippen LogP contribution in [0.15, 0.2) is 0 Å². The molecule has 2 fully saturated rings. The second-order valence-electron chi connectivity index (χ2n) is 5.60. The summed E-state index contributed by atoms with van der Waals surface area (Å²) < 4.78 is 0. The molecule has 0 saturated carbocycles. The Labute approximate surface area is 128 Å². The molecule has 1 N–H and O–H groups in total. The normalized spacial score (nSPS) is 20.5. The lowest BCUT2D eigenvalue weighted by molar-refractivity contribution is -0.158. The Morgan fingerprint density at radius 3 is 2.14 bits per heavy atom. The van der Waals surface area contributed by atoms with Gasteiger partial charge in [0.05, 0.1) is 5.92 Å². The van der Waals surface area contributed by atoms with E-state index in [2.05, 4.69) is 0 Å². The number of likely N-dealkylation sites (tertiary alicyclic amines) is 1. The van der Waals surface area contributed by atoms with E-state index in [0.29, 0.717) is 45.6 Å². The highest BCUT2D eigenvalue weighted by atomic mass is 16.4. The molecule has 0 aromatic carbocycles. The summed E-state index contributed by atoms with van der Waals surface area (Å²) in [6.45, 7) is 3.73. The summed E-state index contributed by atoms with van der Waals surface area (Å²) in [7, 11) is 0. The molecular weight excluding hydrogens is 290 g/mol. The van der Waals surface area contributed by atoms with Gasteiger partial charge in [0.25, 0.3) is 0 Å². The molecule has 0 spiro atoms. The van der Waals surface area contributed by atoms with Crippen LogP contribution in [-0.4, -0.2) is 82.8 Å². The molecule has 2 aliphatic rings. The van der Waals surface area contributed by atoms with E-state index < -0.39 is 23.7 Å². The second kappa shape index (κ2) is 6.76. The number of rotatable bonds is 4. The Bertz CT molecular complexity index is 485. The van der Waals surface area contributed by atoms with Crippen LogP contribution in [0, 0.1) is 5.92 Å². The minimum absolute atomic E-state index is 0.111. The number of carbonyl (C=O) groups is 4. The van der Waals surface area contributed by atoms with Gasteiger partial charge in [0.1, 0.15) is 6.54 Å². The molecule has 2 rings (SSSR count). The lowest BCUT2D eigenvalue weighted by Gasteiger charge is -2.35. The molecular formula is C14H21N3O5. The third-order valence-corrected chi connectivity index (χ3v) is 4.30. The van der Waals surface area contributed by atoms with Crippen LogP contribution in [0.3, 0.4) is 0 Å². The fourth-order valence-electron chi connectivity index (χ4n) is 2.81. The molecule has 2 heterocycles. The smallest absolute Gasteiger partial charge is 0.312 e. The van der Waals surface area contributed by atoms with Gasteiger partial charge < -0.3 is 19.8 Å².